The minimum atomic E-state index is -0.866. The van der Waals surface area contributed by atoms with Gasteiger partial charge < -0.3 is 14.7 Å². The Balaban J connectivity index is 1.88. The molecule has 0 spiro atoms. The van der Waals surface area contributed by atoms with E-state index < -0.39 is 6.41 Å². The van der Waals surface area contributed by atoms with Gasteiger partial charge in [-0.1, -0.05) is 20.8 Å². The molecule has 2 saturated heterocycles. The molecule has 0 aromatic rings. The Labute approximate surface area is 95.8 Å². The molecule has 3 atom stereocenters. The van der Waals surface area contributed by atoms with E-state index in [2.05, 4.69) is 26.1 Å². The highest BCUT2D eigenvalue weighted by Crippen LogP contribution is 2.25. The number of hydrogen-bond donors (Lipinski definition) is 2. The van der Waals surface area contributed by atoms with Crippen molar-refractivity contribution < 1.29 is 14.6 Å². The van der Waals surface area contributed by atoms with Crippen molar-refractivity contribution in [1.82, 2.24) is 10.2 Å². The van der Waals surface area contributed by atoms with Crippen molar-refractivity contribution in [2.45, 2.75) is 45.8 Å². The van der Waals surface area contributed by atoms with Crippen molar-refractivity contribution in [2.24, 2.45) is 5.41 Å². The van der Waals surface area contributed by atoms with Gasteiger partial charge in [-0.3, -0.25) is 10.1 Å². The Hall–Kier alpha value is -0.650. The fraction of sp³-hybridized carbons (Fsp3) is 0.909. The van der Waals surface area contributed by atoms with Crippen LogP contribution in [0.3, 0.4) is 0 Å². The number of fused-ring (bicyclic) bond motifs is 1. The lowest BCUT2D eigenvalue weighted by atomic mass is 9.92. The molecule has 2 rings (SSSR count). The molecule has 0 aliphatic carbocycles. The topological polar surface area (TPSA) is 61.8 Å². The molecular formula is C11H20N2O3. The van der Waals surface area contributed by atoms with Gasteiger partial charge in [0.05, 0.1) is 12.1 Å². The number of nitrogens with zero attached hydrogens (tertiary/aromatic N) is 1. The first kappa shape index (κ1) is 11.8. The standard InChI is InChI=1S/C11H20N2O3/c1-11(2,3)4-9(14)13-5-7-8(6-13)16-10(15)12-7/h7-8,10,12,15H,4-6H2,1-3H3. The third-order valence-corrected chi connectivity index (χ3v) is 2.96. The van der Waals surface area contributed by atoms with Gasteiger partial charge in [-0.25, -0.2) is 0 Å². The van der Waals surface area contributed by atoms with Crippen molar-refractivity contribution in [3.63, 3.8) is 0 Å². The lowest BCUT2D eigenvalue weighted by molar-refractivity contribution is -0.136. The van der Waals surface area contributed by atoms with Crippen LogP contribution in [0, 0.1) is 5.41 Å². The van der Waals surface area contributed by atoms with Crippen LogP contribution in [0.2, 0.25) is 0 Å². The maximum atomic E-state index is 12.0. The first-order valence-electron chi connectivity index (χ1n) is 5.72. The number of rotatable bonds is 1. The van der Waals surface area contributed by atoms with Gasteiger partial charge in [0.15, 0.2) is 0 Å². The van der Waals surface area contributed by atoms with Crippen LogP contribution in [-0.2, 0) is 9.53 Å². The highest BCUT2D eigenvalue weighted by Gasteiger charge is 2.42. The summed E-state index contributed by atoms with van der Waals surface area (Å²) in [5, 5.41) is 12.1. The summed E-state index contributed by atoms with van der Waals surface area (Å²) in [5.74, 6) is 0.168. The van der Waals surface area contributed by atoms with Crippen molar-refractivity contribution in [1.29, 1.82) is 0 Å². The van der Waals surface area contributed by atoms with Gasteiger partial charge in [0.1, 0.15) is 0 Å². The predicted octanol–water partition coefficient (Wildman–Crippen LogP) is -0.102. The van der Waals surface area contributed by atoms with E-state index in [1.165, 1.54) is 0 Å². The Bertz CT molecular complexity index is 273. The maximum Gasteiger partial charge on any atom is 0.223 e. The van der Waals surface area contributed by atoms with Gasteiger partial charge in [-0.05, 0) is 5.41 Å². The molecule has 0 aromatic carbocycles. The summed E-state index contributed by atoms with van der Waals surface area (Å²) in [6.07, 6.45) is -0.372. The Morgan fingerprint density at radius 2 is 2.19 bits per heavy atom. The lowest BCUT2D eigenvalue weighted by Crippen LogP contribution is -2.38. The minimum Gasteiger partial charge on any atom is -0.356 e. The first-order valence-corrected chi connectivity index (χ1v) is 5.72. The second-order valence-corrected chi connectivity index (χ2v) is 5.84. The van der Waals surface area contributed by atoms with Crippen LogP contribution < -0.4 is 5.32 Å². The van der Waals surface area contributed by atoms with E-state index in [4.69, 9.17) is 4.74 Å². The molecule has 5 nitrogen and oxygen atoms in total. The zero-order valence-electron chi connectivity index (χ0n) is 10.1. The number of aliphatic hydroxyl groups excluding tert-OH is 1. The van der Waals surface area contributed by atoms with Crippen LogP contribution in [0.4, 0.5) is 0 Å². The van der Waals surface area contributed by atoms with Crippen molar-refractivity contribution in [3.8, 4) is 0 Å². The SMILES string of the molecule is CC(C)(C)CC(=O)N1CC2NC(O)OC2C1. The van der Waals surface area contributed by atoms with E-state index in [1.54, 1.807) is 0 Å². The monoisotopic (exact) mass is 228 g/mol. The molecule has 92 valence electrons. The van der Waals surface area contributed by atoms with Gasteiger partial charge in [0.25, 0.3) is 0 Å². The van der Waals surface area contributed by atoms with Gasteiger partial charge in [-0.2, -0.15) is 0 Å². The summed E-state index contributed by atoms with van der Waals surface area (Å²) < 4.78 is 5.25. The Morgan fingerprint density at radius 1 is 1.50 bits per heavy atom. The number of aliphatic hydroxyl groups is 1. The summed E-state index contributed by atoms with van der Waals surface area (Å²) in [6.45, 7) is 7.39. The molecule has 2 heterocycles. The van der Waals surface area contributed by atoms with E-state index in [9.17, 15) is 9.90 Å². The van der Waals surface area contributed by atoms with E-state index >= 15 is 0 Å². The zero-order chi connectivity index (χ0) is 11.9. The summed E-state index contributed by atoms with van der Waals surface area (Å²) in [5.41, 5.74) is 0.0165. The summed E-state index contributed by atoms with van der Waals surface area (Å²) in [7, 11) is 0. The van der Waals surface area contributed by atoms with Gasteiger partial charge in [0.2, 0.25) is 12.3 Å². The number of ether oxygens (including phenoxy) is 1. The van der Waals surface area contributed by atoms with E-state index in [-0.39, 0.29) is 23.5 Å². The van der Waals surface area contributed by atoms with Crippen LogP contribution in [0.15, 0.2) is 0 Å². The normalized spacial score (nSPS) is 34.2. The van der Waals surface area contributed by atoms with E-state index in [1.807, 2.05) is 4.90 Å². The lowest BCUT2D eigenvalue weighted by Gasteiger charge is -2.23. The second kappa shape index (κ2) is 3.98. The molecule has 2 aliphatic heterocycles. The molecule has 0 bridgehead atoms. The molecular weight excluding hydrogens is 208 g/mol. The molecule has 0 aromatic heterocycles. The highest BCUT2D eigenvalue weighted by atomic mass is 16.6. The Morgan fingerprint density at radius 3 is 2.75 bits per heavy atom. The zero-order valence-corrected chi connectivity index (χ0v) is 10.1. The third-order valence-electron chi connectivity index (χ3n) is 2.96. The van der Waals surface area contributed by atoms with Gasteiger partial charge in [0, 0.05) is 19.5 Å². The second-order valence-electron chi connectivity index (χ2n) is 5.84. The molecule has 2 fully saturated rings. The predicted molar refractivity (Wildman–Crippen MR) is 58.5 cm³/mol. The van der Waals surface area contributed by atoms with Crippen LogP contribution in [0.25, 0.3) is 0 Å². The summed E-state index contributed by atoms with van der Waals surface area (Å²) >= 11 is 0. The molecule has 2 aliphatic rings. The number of hydrogen-bond acceptors (Lipinski definition) is 4. The summed E-state index contributed by atoms with van der Waals surface area (Å²) in [6, 6.07) is 0.0823. The van der Waals surface area contributed by atoms with Crippen LogP contribution in [-0.4, -0.2) is 47.6 Å². The Kier molecular flexibility index (Phi) is 2.94. The van der Waals surface area contributed by atoms with Crippen molar-refractivity contribution in [3.05, 3.63) is 0 Å². The molecule has 3 unspecified atom stereocenters. The number of carbonyl (C=O) groups is 1. The number of nitrogens with one attached hydrogen (secondary N) is 1. The summed E-state index contributed by atoms with van der Waals surface area (Å²) in [4.78, 5) is 13.8. The third kappa shape index (κ3) is 2.53. The average Bonchev–Trinajstić information content (AvgIpc) is 2.56. The van der Waals surface area contributed by atoms with Crippen LogP contribution in [0.5, 0.6) is 0 Å². The molecule has 1 amide bonds. The van der Waals surface area contributed by atoms with E-state index in [0.717, 1.165) is 0 Å². The first-order chi connectivity index (χ1) is 7.35. The van der Waals surface area contributed by atoms with Crippen LogP contribution in [0.1, 0.15) is 27.2 Å². The van der Waals surface area contributed by atoms with Crippen molar-refractivity contribution >= 4 is 5.91 Å². The van der Waals surface area contributed by atoms with Crippen LogP contribution >= 0.6 is 0 Å². The molecule has 0 saturated carbocycles. The average molecular weight is 228 g/mol. The number of likely N-dealkylation sites (tertiary alicyclic amines) is 1. The fourth-order valence-corrected chi connectivity index (χ4v) is 2.23. The quantitative estimate of drug-likeness (QED) is 0.658. The molecule has 0 radical (unpaired) electrons. The maximum absolute atomic E-state index is 12.0. The molecule has 16 heavy (non-hydrogen) atoms. The van der Waals surface area contributed by atoms with E-state index in [0.29, 0.717) is 19.5 Å². The smallest absolute Gasteiger partial charge is 0.223 e. The van der Waals surface area contributed by atoms with Gasteiger partial charge in [-0.15, -0.1) is 0 Å². The minimum absolute atomic E-state index is 0.0165. The molecule has 5 heteroatoms. The largest absolute Gasteiger partial charge is 0.356 e. The number of carbonyl (C=O) groups excluding carboxylic acids is 1. The van der Waals surface area contributed by atoms with Gasteiger partial charge >= 0.3 is 0 Å². The number of amides is 1. The fourth-order valence-electron chi connectivity index (χ4n) is 2.23. The molecule has 2 N–H and O–H groups in total. The highest BCUT2D eigenvalue weighted by molar-refractivity contribution is 5.77. The van der Waals surface area contributed by atoms with Crippen molar-refractivity contribution in [2.75, 3.05) is 13.1 Å².